The Morgan fingerprint density at radius 1 is 1.00 bits per heavy atom. The lowest BCUT2D eigenvalue weighted by molar-refractivity contribution is -0.126. The summed E-state index contributed by atoms with van der Waals surface area (Å²) < 4.78 is 26.8. The molecule has 0 saturated carbocycles. The molecule has 0 heterocycles. The maximum absolute atomic E-state index is 13.4. The van der Waals surface area contributed by atoms with Crippen LogP contribution >= 0.6 is 11.6 Å². The predicted molar refractivity (Wildman–Crippen MR) is 87.8 cm³/mol. The summed E-state index contributed by atoms with van der Waals surface area (Å²) >= 11 is 5.86. The van der Waals surface area contributed by atoms with Crippen LogP contribution in [0.2, 0.25) is 5.02 Å². The number of hydrogen-bond acceptors (Lipinski definition) is 2. The molecule has 24 heavy (non-hydrogen) atoms. The number of benzene rings is 2. The van der Waals surface area contributed by atoms with Gasteiger partial charge in [-0.05, 0) is 36.2 Å². The van der Waals surface area contributed by atoms with Crippen molar-refractivity contribution in [2.75, 3.05) is 11.9 Å². The van der Waals surface area contributed by atoms with Gasteiger partial charge in [-0.2, -0.15) is 0 Å². The molecular formula is C17H15ClF2N2O2. The van der Waals surface area contributed by atoms with Crippen molar-refractivity contribution in [3.8, 4) is 0 Å². The van der Waals surface area contributed by atoms with Gasteiger partial charge < -0.3 is 10.6 Å². The molecule has 2 amide bonds. The van der Waals surface area contributed by atoms with Gasteiger partial charge in [-0.1, -0.05) is 29.8 Å². The van der Waals surface area contributed by atoms with Crippen molar-refractivity contribution in [1.82, 2.24) is 5.32 Å². The van der Waals surface area contributed by atoms with E-state index < -0.39 is 35.6 Å². The quantitative estimate of drug-likeness (QED) is 0.784. The molecule has 0 aliphatic carbocycles. The van der Waals surface area contributed by atoms with Crippen molar-refractivity contribution in [1.29, 1.82) is 0 Å². The number of halogens is 3. The lowest BCUT2D eigenvalue weighted by Gasteiger charge is -2.08. The van der Waals surface area contributed by atoms with Crippen LogP contribution in [0.4, 0.5) is 14.5 Å². The molecule has 2 rings (SSSR count). The third kappa shape index (κ3) is 5.31. The Morgan fingerprint density at radius 3 is 2.33 bits per heavy atom. The molecule has 0 saturated heterocycles. The first-order valence-corrected chi connectivity index (χ1v) is 7.58. The molecule has 2 aromatic carbocycles. The lowest BCUT2D eigenvalue weighted by atomic mass is 10.1. The molecule has 126 valence electrons. The van der Waals surface area contributed by atoms with Crippen molar-refractivity contribution in [3.63, 3.8) is 0 Å². The Labute approximate surface area is 142 Å². The van der Waals surface area contributed by atoms with E-state index in [9.17, 15) is 18.4 Å². The number of para-hydroxylation sites is 1. The third-order valence-electron chi connectivity index (χ3n) is 3.17. The molecule has 0 aliphatic heterocycles. The molecule has 0 bridgehead atoms. The topological polar surface area (TPSA) is 58.2 Å². The Bertz CT molecular complexity index is 733. The normalized spacial score (nSPS) is 10.3. The largest absolute Gasteiger partial charge is 0.355 e. The van der Waals surface area contributed by atoms with E-state index in [1.165, 1.54) is 6.07 Å². The molecule has 0 fully saturated rings. The van der Waals surface area contributed by atoms with Crippen LogP contribution in [0, 0.1) is 11.6 Å². The summed E-state index contributed by atoms with van der Waals surface area (Å²) in [5, 5.41) is 5.23. The molecule has 0 radical (unpaired) electrons. The summed E-state index contributed by atoms with van der Waals surface area (Å²) in [5.74, 6) is -3.13. The number of carbonyl (C=O) groups is 2. The fraction of sp³-hybridized carbons (Fsp3) is 0.176. The van der Waals surface area contributed by atoms with Crippen LogP contribution in [-0.4, -0.2) is 18.4 Å². The van der Waals surface area contributed by atoms with Gasteiger partial charge in [0.25, 0.3) is 0 Å². The van der Waals surface area contributed by atoms with E-state index in [0.717, 1.165) is 17.7 Å². The van der Waals surface area contributed by atoms with Crippen LogP contribution in [0.15, 0.2) is 42.5 Å². The zero-order chi connectivity index (χ0) is 17.5. The SMILES string of the molecule is O=C(CC(=O)Nc1c(F)cccc1F)NCCc1cccc(Cl)c1. The minimum Gasteiger partial charge on any atom is -0.355 e. The van der Waals surface area contributed by atoms with E-state index in [1.54, 1.807) is 18.2 Å². The van der Waals surface area contributed by atoms with Gasteiger partial charge in [0.2, 0.25) is 11.8 Å². The average Bonchev–Trinajstić information content (AvgIpc) is 2.51. The van der Waals surface area contributed by atoms with Crippen molar-refractivity contribution in [2.24, 2.45) is 0 Å². The standard InChI is InChI=1S/C17H15ClF2N2O2/c18-12-4-1-3-11(9-12)7-8-21-15(23)10-16(24)22-17-13(19)5-2-6-14(17)20/h1-6,9H,7-8,10H2,(H,21,23)(H,22,24). The van der Waals surface area contributed by atoms with Gasteiger partial charge in [0.05, 0.1) is 0 Å². The molecule has 0 aliphatic rings. The third-order valence-corrected chi connectivity index (χ3v) is 3.41. The number of amides is 2. The van der Waals surface area contributed by atoms with Crippen molar-refractivity contribution >= 4 is 29.1 Å². The van der Waals surface area contributed by atoms with Crippen molar-refractivity contribution < 1.29 is 18.4 Å². The zero-order valence-electron chi connectivity index (χ0n) is 12.6. The van der Waals surface area contributed by atoms with Gasteiger partial charge in [0.15, 0.2) is 0 Å². The van der Waals surface area contributed by atoms with Crippen LogP contribution in [-0.2, 0) is 16.0 Å². The highest BCUT2D eigenvalue weighted by Gasteiger charge is 2.14. The summed E-state index contributed by atoms with van der Waals surface area (Å²) in [6.45, 7) is 0.320. The maximum Gasteiger partial charge on any atom is 0.233 e. The summed E-state index contributed by atoms with van der Waals surface area (Å²) in [5.41, 5.74) is 0.384. The van der Waals surface area contributed by atoms with Crippen molar-refractivity contribution in [2.45, 2.75) is 12.8 Å². The second-order valence-corrected chi connectivity index (χ2v) is 5.49. The van der Waals surface area contributed by atoms with E-state index in [0.29, 0.717) is 18.0 Å². The molecule has 0 aromatic heterocycles. The molecule has 0 spiro atoms. The number of carbonyl (C=O) groups excluding carboxylic acids is 2. The smallest absolute Gasteiger partial charge is 0.233 e. The molecular weight excluding hydrogens is 338 g/mol. The summed E-state index contributed by atoms with van der Waals surface area (Å²) in [4.78, 5) is 23.4. The zero-order valence-corrected chi connectivity index (χ0v) is 13.4. The second-order valence-electron chi connectivity index (χ2n) is 5.05. The highest BCUT2D eigenvalue weighted by atomic mass is 35.5. The first-order valence-electron chi connectivity index (χ1n) is 7.20. The highest BCUT2D eigenvalue weighted by Crippen LogP contribution is 2.18. The van der Waals surface area contributed by atoms with Gasteiger partial charge in [0.1, 0.15) is 23.7 Å². The lowest BCUT2D eigenvalue weighted by Crippen LogP contribution is -2.30. The fourth-order valence-electron chi connectivity index (χ4n) is 2.05. The van der Waals surface area contributed by atoms with Crippen LogP contribution in [0.3, 0.4) is 0 Å². The van der Waals surface area contributed by atoms with Gasteiger partial charge >= 0.3 is 0 Å². The van der Waals surface area contributed by atoms with Crippen LogP contribution in [0.1, 0.15) is 12.0 Å². The monoisotopic (exact) mass is 352 g/mol. The van der Waals surface area contributed by atoms with Crippen molar-refractivity contribution in [3.05, 3.63) is 64.7 Å². The molecule has 0 unspecified atom stereocenters. The van der Waals surface area contributed by atoms with Crippen LogP contribution < -0.4 is 10.6 Å². The minimum absolute atomic E-state index is 0.320. The Balaban J connectivity index is 1.78. The summed E-state index contributed by atoms with van der Waals surface area (Å²) in [6, 6.07) is 10.4. The molecule has 4 nitrogen and oxygen atoms in total. The van der Waals surface area contributed by atoms with E-state index >= 15 is 0 Å². The first kappa shape index (κ1) is 17.9. The van der Waals surface area contributed by atoms with Gasteiger partial charge in [-0.3, -0.25) is 9.59 Å². The number of hydrogen-bond donors (Lipinski definition) is 2. The van der Waals surface area contributed by atoms with Gasteiger partial charge in [0, 0.05) is 11.6 Å². The van der Waals surface area contributed by atoms with Gasteiger partial charge in [-0.15, -0.1) is 0 Å². The Hall–Kier alpha value is -2.47. The summed E-state index contributed by atoms with van der Waals surface area (Å²) in [7, 11) is 0. The highest BCUT2D eigenvalue weighted by molar-refractivity contribution is 6.30. The number of anilines is 1. The maximum atomic E-state index is 13.4. The van der Waals surface area contributed by atoms with Crippen LogP contribution in [0.5, 0.6) is 0 Å². The number of rotatable bonds is 6. The van der Waals surface area contributed by atoms with E-state index in [1.807, 2.05) is 6.07 Å². The molecule has 2 aromatic rings. The minimum atomic E-state index is -0.898. The average molecular weight is 353 g/mol. The van der Waals surface area contributed by atoms with Gasteiger partial charge in [-0.25, -0.2) is 8.78 Å². The molecule has 2 N–H and O–H groups in total. The van der Waals surface area contributed by atoms with E-state index in [-0.39, 0.29) is 0 Å². The Kier molecular flexibility index (Phi) is 6.26. The number of nitrogens with one attached hydrogen (secondary N) is 2. The predicted octanol–water partition coefficient (Wildman–Crippen LogP) is 3.31. The van der Waals surface area contributed by atoms with E-state index in [4.69, 9.17) is 11.6 Å². The Morgan fingerprint density at radius 2 is 1.67 bits per heavy atom. The molecule has 0 atom stereocenters. The molecule has 7 heteroatoms. The first-order chi connectivity index (χ1) is 11.5. The summed E-state index contributed by atoms with van der Waals surface area (Å²) in [6.07, 6.45) is 0.0270. The van der Waals surface area contributed by atoms with E-state index in [2.05, 4.69) is 10.6 Å². The fourth-order valence-corrected chi connectivity index (χ4v) is 2.26. The second kappa shape index (κ2) is 8.40. The van der Waals surface area contributed by atoms with Crippen LogP contribution in [0.25, 0.3) is 0 Å².